The molecule has 0 unspecified atom stereocenters. The molecule has 0 atom stereocenters. The maximum atomic E-state index is 5.31. The van der Waals surface area contributed by atoms with Crippen molar-refractivity contribution in [3.8, 4) is 66.9 Å². The van der Waals surface area contributed by atoms with E-state index in [0.717, 1.165) is 11.3 Å². The van der Waals surface area contributed by atoms with Crippen molar-refractivity contribution in [1.29, 1.82) is 0 Å². The number of hydrogen-bond donors (Lipinski definition) is 0. The number of nitrogens with zero attached hydrogens (tertiary/aromatic N) is 1. The van der Waals surface area contributed by atoms with E-state index in [1.54, 1.807) is 0 Å². The summed E-state index contributed by atoms with van der Waals surface area (Å²) < 4.78 is 0. The van der Waals surface area contributed by atoms with Crippen molar-refractivity contribution in [3.05, 3.63) is 176 Å². The van der Waals surface area contributed by atoms with E-state index in [1.807, 2.05) is 0 Å². The van der Waals surface area contributed by atoms with E-state index in [1.165, 1.54) is 88.0 Å². The fourth-order valence-electron chi connectivity index (χ4n) is 7.95. The van der Waals surface area contributed by atoms with Gasteiger partial charge in [-0.3, -0.25) is 4.98 Å². The van der Waals surface area contributed by atoms with Crippen molar-refractivity contribution < 1.29 is 0 Å². The van der Waals surface area contributed by atoms with Crippen LogP contribution in [0.15, 0.2) is 176 Å². The maximum absolute atomic E-state index is 5.31. The van der Waals surface area contributed by atoms with Crippen LogP contribution in [-0.2, 0) is 0 Å². The Labute approximate surface area is 279 Å². The number of pyridine rings is 1. The summed E-state index contributed by atoms with van der Waals surface area (Å²) in [5.74, 6) is 0. The summed E-state index contributed by atoms with van der Waals surface area (Å²) in [6.07, 6.45) is 2.11. The lowest BCUT2D eigenvalue weighted by atomic mass is 9.81. The van der Waals surface area contributed by atoms with Gasteiger partial charge in [-0.2, -0.15) is 0 Å². The van der Waals surface area contributed by atoms with Gasteiger partial charge < -0.3 is 0 Å². The first-order chi connectivity index (χ1) is 23.8. The Balaban J connectivity index is 1.29. The van der Waals surface area contributed by atoms with Crippen molar-refractivity contribution in [3.63, 3.8) is 0 Å². The second-order valence-electron chi connectivity index (χ2n) is 12.7. The topological polar surface area (TPSA) is 12.9 Å². The van der Waals surface area contributed by atoms with E-state index < -0.39 is 0 Å². The Hall–Kier alpha value is -6.31. The van der Waals surface area contributed by atoms with Gasteiger partial charge in [0.05, 0.1) is 5.69 Å². The van der Waals surface area contributed by atoms with Crippen molar-refractivity contribution in [2.75, 3.05) is 0 Å². The first-order valence-electron chi connectivity index (χ1n) is 16.5. The third kappa shape index (κ3) is 4.01. The van der Waals surface area contributed by atoms with Gasteiger partial charge in [-0.15, -0.1) is 0 Å². The van der Waals surface area contributed by atoms with Crippen LogP contribution in [0, 0.1) is 0 Å². The van der Waals surface area contributed by atoms with Gasteiger partial charge in [-0.05, 0) is 94.5 Å². The highest BCUT2D eigenvalue weighted by atomic mass is 14.7. The van der Waals surface area contributed by atoms with Gasteiger partial charge in [0.2, 0.25) is 0 Å². The number of rotatable bonds is 2. The summed E-state index contributed by atoms with van der Waals surface area (Å²) in [6, 6.07) is 61.8. The van der Waals surface area contributed by atoms with Crippen molar-refractivity contribution in [2.45, 2.75) is 0 Å². The molecule has 1 nitrogen and oxygen atoms in total. The molecule has 1 aliphatic rings. The zero-order valence-corrected chi connectivity index (χ0v) is 26.2. The molecule has 0 aliphatic heterocycles. The van der Waals surface area contributed by atoms with Crippen molar-refractivity contribution in [2.24, 2.45) is 0 Å². The molecule has 0 saturated carbocycles. The lowest BCUT2D eigenvalue weighted by Gasteiger charge is -2.23. The summed E-state index contributed by atoms with van der Waals surface area (Å²) in [5, 5.41) is 7.37. The Morgan fingerprint density at radius 1 is 0.292 bits per heavy atom. The molecule has 1 aromatic heterocycles. The zero-order valence-electron chi connectivity index (χ0n) is 26.2. The second kappa shape index (κ2) is 10.6. The molecule has 222 valence electrons. The summed E-state index contributed by atoms with van der Waals surface area (Å²) in [6.45, 7) is 0. The Kier molecular flexibility index (Phi) is 5.94. The molecule has 48 heavy (non-hydrogen) atoms. The molecule has 0 N–H and O–H groups in total. The molecule has 8 aromatic carbocycles. The molecule has 9 aromatic rings. The van der Waals surface area contributed by atoms with Crippen LogP contribution in [0.3, 0.4) is 0 Å². The predicted octanol–water partition coefficient (Wildman–Crippen LogP) is 12.9. The standard InChI is InChI=1S/C47H29N/c1-2-14-31-27-32(26-25-30(31)13-1)46-39-21-9-11-23-41(39)47(42-24-12-10-22-40(42)46)45-28-43-37-19-7-5-17-35(37)33-15-3-4-16-34(33)36-18-6-8-20-38(36)44(43)29-48-45/h1-29H. The fraction of sp³-hybridized carbons (Fsp3) is 0. The number of fused-ring (bicyclic) bond motifs is 11. The molecule has 0 bridgehead atoms. The average Bonchev–Trinajstić information content (AvgIpc) is 3.16. The van der Waals surface area contributed by atoms with Crippen LogP contribution in [0.1, 0.15) is 0 Å². The van der Waals surface area contributed by atoms with Gasteiger partial charge >= 0.3 is 0 Å². The molecule has 0 fully saturated rings. The normalized spacial score (nSPS) is 11.8. The van der Waals surface area contributed by atoms with E-state index in [-0.39, 0.29) is 0 Å². The summed E-state index contributed by atoms with van der Waals surface area (Å²) in [5.41, 5.74) is 14.4. The molecule has 0 radical (unpaired) electrons. The highest BCUT2D eigenvalue weighted by Crippen LogP contribution is 2.49. The molecule has 10 rings (SSSR count). The zero-order chi connectivity index (χ0) is 31.6. The van der Waals surface area contributed by atoms with E-state index in [4.69, 9.17) is 4.98 Å². The van der Waals surface area contributed by atoms with Gasteiger partial charge in [0, 0.05) is 17.3 Å². The third-order valence-corrected chi connectivity index (χ3v) is 10.1. The summed E-state index contributed by atoms with van der Waals surface area (Å²) >= 11 is 0. The smallest absolute Gasteiger partial charge is 0.0721 e. The molecule has 1 heteroatoms. The maximum Gasteiger partial charge on any atom is 0.0721 e. The number of hydrogen-bond acceptors (Lipinski definition) is 1. The largest absolute Gasteiger partial charge is 0.256 e. The van der Waals surface area contributed by atoms with E-state index in [2.05, 4.69) is 176 Å². The molecule has 0 saturated heterocycles. The Bertz CT molecular complexity index is 2670. The second-order valence-corrected chi connectivity index (χ2v) is 12.7. The quantitative estimate of drug-likeness (QED) is 0.178. The monoisotopic (exact) mass is 607 g/mol. The van der Waals surface area contributed by atoms with Crippen LogP contribution in [0.4, 0.5) is 0 Å². The summed E-state index contributed by atoms with van der Waals surface area (Å²) in [4.78, 5) is 5.31. The lowest BCUT2D eigenvalue weighted by molar-refractivity contribution is 1.33. The van der Waals surface area contributed by atoms with Gasteiger partial charge in [0.1, 0.15) is 0 Å². The van der Waals surface area contributed by atoms with E-state index >= 15 is 0 Å². The molecule has 1 aliphatic carbocycles. The SMILES string of the molecule is c1ccc2c(c1)-c1ccccc1-c1cnc(-c3c4ccccc4c(-c4ccc5ccccc5c4)c4ccccc34)cc1-c1ccccc1-2. The van der Waals surface area contributed by atoms with E-state index in [0.29, 0.717) is 0 Å². The van der Waals surface area contributed by atoms with Gasteiger partial charge in [0.25, 0.3) is 0 Å². The third-order valence-electron chi connectivity index (χ3n) is 10.1. The number of aromatic nitrogens is 1. The Morgan fingerprint density at radius 3 is 1.25 bits per heavy atom. The molecule has 0 spiro atoms. The first-order valence-corrected chi connectivity index (χ1v) is 16.5. The van der Waals surface area contributed by atoms with Crippen LogP contribution in [-0.4, -0.2) is 4.98 Å². The average molecular weight is 608 g/mol. The number of benzene rings is 8. The van der Waals surface area contributed by atoms with Crippen LogP contribution in [0.5, 0.6) is 0 Å². The minimum Gasteiger partial charge on any atom is -0.256 e. The summed E-state index contributed by atoms with van der Waals surface area (Å²) in [7, 11) is 0. The predicted molar refractivity (Wildman–Crippen MR) is 203 cm³/mol. The van der Waals surface area contributed by atoms with Crippen molar-refractivity contribution >= 4 is 32.3 Å². The fourth-order valence-corrected chi connectivity index (χ4v) is 7.95. The molecule has 1 heterocycles. The van der Waals surface area contributed by atoms with Gasteiger partial charge in [-0.1, -0.05) is 158 Å². The van der Waals surface area contributed by atoms with Gasteiger partial charge in [-0.25, -0.2) is 0 Å². The molecular formula is C47H29N. The van der Waals surface area contributed by atoms with Crippen LogP contribution >= 0.6 is 0 Å². The lowest BCUT2D eigenvalue weighted by Crippen LogP contribution is -1.99. The van der Waals surface area contributed by atoms with Crippen LogP contribution in [0.2, 0.25) is 0 Å². The highest BCUT2D eigenvalue weighted by molar-refractivity contribution is 6.21. The molecule has 0 amide bonds. The van der Waals surface area contributed by atoms with Crippen molar-refractivity contribution in [1.82, 2.24) is 4.98 Å². The minimum absolute atomic E-state index is 0.979. The first kappa shape index (κ1) is 26.9. The van der Waals surface area contributed by atoms with Crippen LogP contribution in [0.25, 0.3) is 99.2 Å². The molecular weight excluding hydrogens is 579 g/mol. The van der Waals surface area contributed by atoms with Crippen LogP contribution < -0.4 is 0 Å². The minimum atomic E-state index is 0.979. The van der Waals surface area contributed by atoms with Gasteiger partial charge in [0.15, 0.2) is 0 Å². The van der Waals surface area contributed by atoms with E-state index in [9.17, 15) is 0 Å². The highest BCUT2D eigenvalue weighted by Gasteiger charge is 2.24. The Morgan fingerprint density at radius 2 is 0.708 bits per heavy atom.